The molecule has 0 spiro atoms. The standard InChI is InChI=1S/C20H17FN6O/c21-16-6-2-1-5-15(16)17-12-19(27-18(26-17)7-9-25-27)23-10-11-24-20(28)14-4-3-8-22-13-14/h1-9,12-13,23H,10-11H2,(H,24,28). The summed E-state index contributed by atoms with van der Waals surface area (Å²) in [5, 5.41) is 10.3. The lowest BCUT2D eigenvalue weighted by Crippen LogP contribution is -2.29. The second-order valence-corrected chi connectivity index (χ2v) is 6.03. The van der Waals surface area contributed by atoms with Gasteiger partial charge in [0.15, 0.2) is 5.65 Å². The van der Waals surface area contributed by atoms with Crippen LogP contribution < -0.4 is 10.6 Å². The zero-order chi connectivity index (χ0) is 19.3. The summed E-state index contributed by atoms with van der Waals surface area (Å²) < 4.78 is 15.8. The van der Waals surface area contributed by atoms with Gasteiger partial charge in [0.2, 0.25) is 0 Å². The Balaban J connectivity index is 1.48. The number of carbonyl (C=O) groups is 1. The topological polar surface area (TPSA) is 84.2 Å². The van der Waals surface area contributed by atoms with Crippen LogP contribution in [-0.4, -0.2) is 38.6 Å². The van der Waals surface area contributed by atoms with Crippen molar-refractivity contribution in [1.29, 1.82) is 0 Å². The lowest BCUT2D eigenvalue weighted by atomic mass is 10.1. The molecule has 3 heterocycles. The largest absolute Gasteiger partial charge is 0.368 e. The van der Waals surface area contributed by atoms with Gasteiger partial charge in [-0.1, -0.05) is 12.1 Å². The number of benzene rings is 1. The monoisotopic (exact) mass is 376 g/mol. The maximum atomic E-state index is 14.2. The zero-order valence-electron chi connectivity index (χ0n) is 14.8. The summed E-state index contributed by atoms with van der Waals surface area (Å²) >= 11 is 0. The molecule has 0 aliphatic heterocycles. The molecule has 4 rings (SSSR count). The van der Waals surface area contributed by atoms with Crippen molar-refractivity contribution in [3.63, 3.8) is 0 Å². The van der Waals surface area contributed by atoms with Crippen molar-refractivity contribution in [3.05, 3.63) is 78.5 Å². The average Bonchev–Trinajstić information content (AvgIpc) is 3.21. The number of amides is 1. The predicted molar refractivity (Wildman–Crippen MR) is 103 cm³/mol. The Hall–Kier alpha value is -3.81. The molecule has 0 saturated carbocycles. The predicted octanol–water partition coefficient (Wildman–Crippen LogP) is 2.77. The van der Waals surface area contributed by atoms with Gasteiger partial charge in [-0.2, -0.15) is 9.61 Å². The van der Waals surface area contributed by atoms with E-state index in [1.54, 1.807) is 59.4 Å². The maximum Gasteiger partial charge on any atom is 0.252 e. The van der Waals surface area contributed by atoms with E-state index in [-0.39, 0.29) is 11.7 Å². The number of hydrogen-bond donors (Lipinski definition) is 2. The Morgan fingerprint density at radius 1 is 1.07 bits per heavy atom. The fourth-order valence-corrected chi connectivity index (χ4v) is 2.81. The van der Waals surface area contributed by atoms with Crippen molar-refractivity contribution in [2.75, 3.05) is 18.4 Å². The van der Waals surface area contributed by atoms with Crippen molar-refractivity contribution in [2.24, 2.45) is 0 Å². The second-order valence-electron chi connectivity index (χ2n) is 6.03. The van der Waals surface area contributed by atoms with Crippen LogP contribution in [-0.2, 0) is 0 Å². The number of fused-ring (bicyclic) bond motifs is 1. The first-order valence-electron chi connectivity index (χ1n) is 8.74. The SMILES string of the molecule is O=C(NCCNc1cc(-c2ccccc2F)nc2ccnn12)c1cccnc1. The molecular weight excluding hydrogens is 359 g/mol. The average molecular weight is 376 g/mol. The van der Waals surface area contributed by atoms with Gasteiger partial charge in [0.05, 0.1) is 17.5 Å². The number of nitrogens with one attached hydrogen (secondary N) is 2. The molecule has 2 N–H and O–H groups in total. The minimum atomic E-state index is -0.339. The highest BCUT2D eigenvalue weighted by Crippen LogP contribution is 2.24. The molecule has 1 amide bonds. The number of anilines is 1. The van der Waals surface area contributed by atoms with Gasteiger partial charge >= 0.3 is 0 Å². The van der Waals surface area contributed by atoms with Crippen LogP contribution in [0.3, 0.4) is 0 Å². The van der Waals surface area contributed by atoms with Gasteiger partial charge in [-0.05, 0) is 24.3 Å². The summed E-state index contributed by atoms with van der Waals surface area (Å²) in [6, 6.07) is 13.4. The number of carbonyl (C=O) groups excluding carboxylic acids is 1. The highest BCUT2D eigenvalue weighted by molar-refractivity contribution is 5.93. The number of aromatic nitrogens is 4. The molecule has 0 bridgehead atoms. The van der Waals surface area contributed by atoms with Crippen LogP contribution in [0, 0.1) is 5.82 Å². The van der Waals surface area contributed by atoms with Crippen LogP contribution in [0.5, 0.6) is 0 Å². The van der Waals surface area contributed by atoms with Crippen LogP contribution in [0.15, 0.2) is 67.1 Å². The van der Waals surface area contributed by atoms with Crippen LogP contribution >= 0.6 is 0 Å². The summed E-state index contributed by atoms with van der Waals surface area (Å²) in [5.74, 6) is 0.123. The van der Waals surface area contributed by atoms with Gasteiger partial charge in [0.25, 0.3) is 5.91 Å². The molecule has 7 nitrogen and oxygen atoms in total. The highest BCUT2D eigenvalue weighted by atomic mass is 19.1. The smallest absolute Gasteiger partial charge is 0.252 e. The normalized spacial score (nSPS) is 10.8. The first-order chi connectivity index (χ1) is 13.7. The fourth-order valence-electron chi connectivity index (χ4n) is 2.81. The number of rotatable bonds is 6. The van der Waals surface area contributed by atoms with Crippen molar-refractivity contribution in [3.8, 4) is 11.3 Å². The van der Waals surface area contributed by atoms with Gasteiger partial charge < -0.3 is 10.6 Å². The number of hydrogen-bond acceptors (Lipinski definition) is 5. The van der Waals surface area contributed by atoms with E-state index in [1.807, 2.05) is 0 Å². The van der Waals surface area contributed by atoms with Crippen molar-refractivity contribution in [2.45, 2.75) is 0 Å². The van der Waals surface area contributed by atoms with E-state index in [4.69, 9.17) is 0 Å². The molecule has 0 radical (unpaired) electrons. The van der Waals surface area contributed by atoms with E-state index >= 15 is 0 Å². The third-order valence-corrected chi connectivity index (χ3v) is 4.15. The Labute approximate surface area is 160 Å². The van der Waals surface area contributed by atoms with Gasteiger partial charge in [-0.3, -0.25) is 9.78 Å². The molecule has 0 atom stereocenters. The first-order valence-corrected chi connectivity index (χ1v) is 8.74. The van der Waals surface area contributed by atoms with Gasteiger partial charge in [-0.15, -0.1) is 0 Å². The minimum absolute atomic E-state index is 0.194. The van der Waals surface area contributed by atoms with E-state index in [2.05, 4.69) is 25.7 Å². The molecular formula is C20H17FN6O. The minimum Gasteiger partial charge on any atom is -0.368 e. The molecule has 140 valence electrons. The Morgan fingerprint density at radius 2 is 1.96 bits per heavy atom. The van der Waals surface area contributed by atoms with E-state index in [0.717, 1.165) is 0 Å². The number of pyridine rings is 1. The quantitative estimate of drug-likeness (QED) is 0.506. The van der Waals surface area contributed by atoms with Crippen LogP contribution in [0.25, 0.3) is 16.9 Å². The summed E-state index contributed by atoms with van der Waals surface area (Å²) in [5.41, 5.74) is 2.03. The van der Waals surface area contributed by atoms with Crippen molar-refractivity contribution < 1.29 is 9.18 Å². The third-order valence-electron chi connectivity index (χ3n) is 4.15. The summed E-state index contributed by atoms with van der Waals surface area (Å²) in [7, 11) is 0. The van der Waals surface area contributed by atoms with Crippen LogP contribution in [0.4, 0.5) is 10.2 Å². The van der Waals surface area contributed by atoms with E-state index < -0.39 is 0 Å². The molecule has 1 aromatic carbocycles. The molecule has 0 unspecified atom stereocenters. The van der Waals surface area contributed by atoms with Crippen molar-refractivity contribution >= 4 is 17.4 Å². The number of nitrogens with zero attached hydrogens (tertiary/aromatic N) is 4. The third kappa shape index (κ3) is 3.66. The maximum absolute atomic E-state index is 14.2. The van der Waals surface area contributed by atoms with E-state index in [1.165, 1.54) is 12.3 Å². The molecule has 8 heteroatoms. The molecule has 0 fully saturated rings. The summed E-state index contributed by atoms with van der Waals surface area (Å²) in [4.78, 5) is 20.5. The summed E-state index contributed by atoms with van der Waals surface area (Å²) in [6.45, 7) is 0.857. The van der Waals surface area contributed by atoms with Gasteiger partial charge in [-0.25, -0.2) is 9.37 Å². The Bertz CT molecular complexity index is 1110. The molecule has 28 heavy (non-hydrogen) atoms. The molecule has 0 aliphatic carbocycles. The number of halogens is 1. The highest BCUT2D eigenvalue weighted by Gasteiger charge is 2.11. The van der Waals surface area contributed by atoms with Crippen LogP contribution in [0.1, 0.15) is 10.4 Å². The van der Waals surface area contributed by atoms with E-state index in [0.29, 0.717) is 41.4 Å². The Morgan fingerprint density at radius 3 is 2.79 bits per heavy atom. The van der Waals surface area contributed by atoms with Crippen molar-refractivity contribution in [1.82, 2.24) is 24.9 Å². The van der Waals surface area contributed by atoms with Crippen LogP contribution in [0.2, 0.25) is 0 Å². The van der Waals surface area contributed by atoms with Gasteiger partial charge in [0.1, 0.15) is 11.6 Å². The first kappa shape index (κ1) is 17.6. The van der Waals surface area contributed by atoms with Gasteiger partial charge in [0, 0.05) is 43.2 Å². The Kier molecular flexibility index (Phi) is 4.92. The zero-order valence-corrected chi connectivity index (χ0v) is 14.8. The lowest BCUT2D eigenvalue weighted by Gasteiger charge is -2.11. The summed E-state index contributed by atoms with van der Waals surface area (Å²) in [6.07, 6.45) is 4.76. The molecule has 0 aliphatic rings. The van der Waals surface area contributed by atoms with E-state index in [9.17, 15) is 9.18 Å². The lowest BCUT2D eigenvalue weighted by molar-refractivity contribution is 0.0955. The molecule has 3 aromatic heterocycles. The fraction of sp³-hybridized carbons (Fsp3) is 0.100. The molecule has 0 saturated heterocycles. The second kappa shape index (κ2) is 7.83. The molecule has 4 aromatic rings.